The van der Waals surface area contributed by atoms with E-state index in [1.807, 2.05) is 6.92 Å². The van der Waals surface area contributed by atoms with Gasteiger partial charge in [0, 0.05) is 6.42 Å². The van der Waals surface area contributed by atoms with Crippen LogP contribution >= 0.6 is 0 Å². The number of carbonyl (C=O) groups is 2. The van der Waals surface area contributed by atoms with E-state index in [9.17, 15) is 9.59 Å². The lowest BCUT2D eigenvalue weighted by atomic mass is 10.2. The molecule has 0 aliphatic heterocycles. The van der Waals surface area contributed by atoms with Gasteiger partial charge in [-0.2, -0.15) is 0 Å². The van der Waals surface area contributed by atoms with Crippen LogP contribution in [-0.2, 0) is 14.3 Å². The molecule has 0 rings (SSSR count). The van der Waals surface area contributed by atoms with Crippen molar-refractivity contribution >= 4 is 11.6 Å². The largest absolute Gasteiger partial charge is 0.366 e. The van der Waals surface area contributed by atoms with Crippen LogP contribution in [0.5, 0.6) is 0 Å². The Bertz CT molecular complexity index is 140. The van der Waals surface area contributed by atoms with Crippen molar-refractivity contribution in [3.63, 3.8) is 0 Å². The zero-order valence-corrected chi connectivity index (χ0v) is 7.05. The number of hydrogen-bond acceptors (Lipinski definition) is 3. The molecule has 0 heterocycles. The van der Waals surface area contributed by atoms with Gasteiger partial charge in [0.1, 0.15) is 13.2 Å². The molecule has 0 N–H and O–H groups in total. The molecule has 0 aromatic rings. The molecule has 3 heteroatoms. The van der Waals surface area contributed by atoms with Gasteiger partial charge in [0.25, 0.3) is 0 Å². The van der Waals surface area contributed by atoms with E-state index in [0.717, 1.165) is 6.42 Å². The highest BCUT2D eigenvalue weighted by molar-refractivity contribution is 5.80. The molecule has 0 amide bonds. The highest BCUT2D eigenvalue weighted by Crippen LogP contribution is 1.89. The quantitative estimate of drug-likeness (QED) is 0.578. The molecule has 0 saturated carbocycles. The van der Waals surface area contributed by atoms with E-state index < -0.39 is 0 Å². The summed E-state index contributed by atoms with van der Waals surface area (Å²) in [6.07, 6.45) is 1.38. The molecule has 0 aliphatic carbocycles. The van der Waals surface area contributed by atoms with Crippen molar-refractivity contribution in [3.8, 4) is 0 Å². The van der Waals surface area contributed by atoms with Crippen LogP contribution in [0.4, 0.5) is 0 Å². The summed E-state index contributed by atoms with van der Waals surface area (Å²) >= 11 is 0. The Morgan fingerprint density at radius 2 is 1.91 bits per heavy atom. The van der Waals surface area contributed by atoms with Gasteiger partial charge in [-0.05, 0) is 13.3 Å². The first-order valence-electron chi connectivity index (χ1n) is 3.75. The van der Waals surface area contributed by atoms with E-state index in [1.165, 1.54) is 6.92 Å². The maximum atomic E-state index is 10.8. The normalized spacial score (nSPS) is 9.64. The fourth-order valence-corrected chi connectivity index (χ4v) is 0.660. The Balaban J connectivity index is 3.24. The summed E-state index contributed by atoms with van der Waals surface area (Å²) in [5.41, 5.74) is 0. The molecular formula is C8H14O3. The van der Waals surface area contributed by atoms with E-state index in [0.29, 0.717) is 6.42 Å². The number of rotatable bonds is 6. The minimum Gasteiger partial charge on any atom is -0.366 e. The lowest BCUT2D eigenvalue weighted by Crippen LogP contribution is -2.12. The van der Waals surface area contributed by atoms with Gasteiger partial charge in [0.15, 0.2) is 11.6 Å². The van der Waals surface area contributed by atoms with Crippen LogP contribution in [0.25, 0.3) is 0 Å². The zero-order chi connectivity index (χ0) is 8.69. The van der Waals surface area contributed by atoms with Crippen molar-refractivity contribution < 1.29 is 14.3 Å². The van der Waals surface area contributed by atoms with Gasteiger partial charge < -0.3 is 4.74 Å². The van der Waals surface area contributed by atoms with Gasteiger partial charge >= 0.3 is 0 Å². The average Bonchev–Trinajstić information content (AvgIpc) is 1.87. The topological polar surface area (TPSA) is 43.4 Å². The Morgan fingerprint density at radius 3 is 2.36 bits per heavy atom. The van der Waals surface area contributed by atoms with Gasteiger partial charge in [-0.15, -0.1) is 0 Å². The third kappa shape index (κ3) is 7.19. The van der Waals surface area contributed by atoms with Crippen molar-refractivity contribution in [1.82, 2.24) is 0 Å². The highest BCUT2D eigenvalue weighted by Gasteiger charge is 2.00. The molecule has 11 heavy (non-hydrogen) atoms. The van der Waals surface area contributed by atoms with Crippen molar-refractivity contribution in [2.24, 2.45) is 0 Å². The smallest absolute Gasteiger partial charge is 0.158 e. The molecule has 0 aromatic carbocycles. The van der Waals surface area contributed by atoms with Gasteiger partial charge in [0.05, 0.1) is 0 Å². The predicted octanol–water partition coefficient (Wildman–Crippen LogP) is 0.961. The minimum absolute atomic E-state index is 0.0469. The number of ether oxygens (including phenoxy) is 1. The van der Waals surface area contributed by atoms with Gasteiger partial charge in [0.2, 0.25) is 0 Å². The summed E-state index contributed by atoms with van der Waals surface area (Å²) in [7, 11) is 0. The first kappa shape index (κ1) is 10.3. The summed E-state index contributed by atoms with van der Waals surface area (Å²) < 4.78 is 4.81. The summed E-state index contributed by atoms with van der Waals surface area (Å²) in [6, 6.07) is 0. The second kappa shape index (κ2) is 6.04. The fraction of sp³-hybridized carbons (Fsp3) is 0.750. The van der Waals surface area contributed by atoms with Gasteiger partial charge in [-0.25, -0.2) is 0 Å². The van der Waals surface area contributed by atoms with Crippen LogP contribution in [0.3, 0.4) is 0 Å². The van der Waals surface area contributed by atoms with Crippen LogP contribution in [0.1, 0.15) is 26.7 Å². The predicted molar refractivity (Wildman–Crippen MR) is 41.4 cm³/mol. The molecule has 0 atom stereocenters. The maximum Gasteiger partial charge on any atom is 0.158 e. The average molecular weight is 158 g/mol. The van der Waals surface area contributed by atoms with Crippen molar-refractivity contribution in [2.75, 3.05) is 13.2 Å². The molecular weight excluding hydrogens is 144 g/mol. The lowest BCUT2D eigenvalue weighted by Gasteiger charge is -1.98. The van der Waals surface area contributed by atoms with Crippen molar-refractivity contribution in [2.45, 2.75) is 26.7 Å². The molecule has 3 nitrogen and oxygen atoms in total. The minimum atomic E-state index is -0.0469. The summed E-state index contributed by atoms with van der Waals surface area (Å²) in [6.45, 7) is 3.50. The third-order valence-corrected chi connectivity index (χ3v) is 1.10. The van der Waals surface area contributed by atoms with Crippen LogP contribution < -0.4 is 0 Å². The SMILES string of the molecule is CCCC(=O)COCC(C)=O. The second-order valence-corrected chi connectivity index (χ2v) is 2.48. The fourth-order valence-electron chi connectivity index (χ4n) is 0.660. The standard InChI is InChI=1S/C8H14O3/c1-3-4-8(10)6-11-5-7(2)9/h3-6H2,1-2H3. The number of carbonyl (C=O) groups excluding carboxylic acids is 2. The third-order valence-electron chi connectivity index (χ3n) is 1.10. The Morgan fingerprint density at radius 1 is 1.27 bits per heavy atom. The van der Waals surface area contributed by atoms with E-state index in [-0.39, 0.29) is 24.8 Å². The van der Waals surface area contributed by atoms with Gasteiger partial charge in [-0.3, -0.25) is 9.59 Å². The van der Waals surface area contributed by atoms with Crippen LogP contribution in [-0.4, -0.2) is 24.8 Å². The Kier molecular flexibility index (Phi) is 5.65. The van der Waals surface area contributed by atoms with Gasteiger partial charge in [-0.1, -0.05) is 6.92 Å². The number of hydrogen-bond donors (Lipinski definition) is 0. The Hall–Kier alpha value is -0.700. The van der Waals surface area contributed by atoms with E-state index in [4.69, 9.17) is 4.74 Å². The second-order valence-electron chi connectivity index (χ2n) is 2.48. The molecule has 0 fully saturated rings. The van der Waals surface area contributed by atoms with Crippen molar-refractivity contribution in [1.29, 1.82) is 0 Å². The lowest BCUT2D eigenvalue weighted by molar-refractivity contribution is -0.127. The zero-order valence-electron chi connectivity index (χ0n) is 7.05. The highest BCUT2D eigenvalue weighted by atomic mass is 16.5. The van der Waals surface area contributed by atoms with Crippen molar-refractivity contribution in [3.05, 3.63) is 0 Å². The summed E-state index contributed by atoms with van der Waals surface area (Å²) in [5, 5.41) is 0. The molecule has 0 aliphatic rings. The van der Waals surface area contributed by atoms with Crippen LogP contribution in [0, 0.1) is 0 Å². The Labute approximate surface area is 66.7 Å². The van der Waals surface area contributed by atoms with E-state index >= 15 is 0 Å². The van der Waals surface area contributed by atoms with E-state index in [2.05, 4.69) is 0 Å². The molecule has 0 saturated heterocycles. The number of ketones is 2. The number of Topliss-reactive ketones (excluding diaryl/α,β-unsaturated/α-hetero) is 2. The molecule has 0 bridgehead atoms. The molecule has 0 unspecified atom stereocenters. The van der Waals surface area contributed by atoms with Crippen LogP contribution in [0.2, 0.25) is 0 Å². The molecule has 0 radical (unpaired) electrons. The summed E-state index contributed by atoms with van der Waals surface area (Å²) in [4.78, 5) is 21.1. The van der Waals surface area contributed by atoms with E-state index in [1.54, 1.807) is 0 Å². The summed E-state index contributed by atoms with van der Waals surface area (Å²) in [5.74, 6) is 0.0167. The molecule has 64 valence electrons. The monoisotopic (exact) mass is 158 g/mol. The molecule has 0 spiro atoms. The van der Waals surface area contributed by atoms with Crippen LogP contribution in [0.15, 0.2) is 0 Å². The first-order chi connectivity index (χ1) is 5.16. The molecule has 0 aromatic heterocycles. The maximum absolute atomic E-state index is 10.8. The first-order valence-corrected chi connectivity index (χ1v) is 3.75.